The SMILES string of the molecule is CO[C@@H]1CN(C)C(=O)c2ccc(NC(=O)C3CC3)cc2OC[C@H](C)N(C(=O)c2ccccc2F)C[C@@H]1C. The number of halogens is 1. The average Bonchev–Trinajstić information content (AvgIpc) is 3.73. The van der Waals surface area contributed by atoms with Crippen molar-refractivity contribution < 1.29 is 28.2 Å². The summed E-state index contributed by atoms with van der Waals surface area (Å²) in [6.07, 6.45) is 1.39. The molecule has 1 aliphatic carbocycles. The lowest BCUT2D eigenvalue weighted by Crippen LogP contribution is -2.48. The molecule has 1 saturated carbocycles. The summed E-state index contributed by atoms with van der Waals surface area (Å²) in [5.74, 6) is -1.14. The zero-order chi connectivity index (χ0) is 26.7. The second-order valence-corrected chi connectivity index (χ2v) is 10.0. The number of hydrogen-bond donors (Lipinski definition) is 1. The number of hydrogen-bond acceptors (Lipinski definition) is 5. The number of nitrogens with one attached hydrogen (secondary N) is 1. The lowest BCUT2D eigenvalue weighted by atomic mass is 10.0. The molecule has 198 valence electrons. The van der Waals surface area contributed by atoms with Crippen LogP contribution in [-0.2, 0) is 9.53 Å². The third-order valence-electron chi connectivity index (χ3n) is 7.03. The van der Waals surface area contributed by atoms with Crippen molar-refractivity contribution in [3.63, 3.8) is 0 Å². The maximum absolute atomic E-state index is 14.5. The van der Waals surface area contributed by atoms with Crippen molar-refractivity contribution in [2.75, 3.05) is 39.2 Å². The van der Waals surface area contributed by atoms with Crippen LogP contribution in [0.15, 0.2) is 42.5 Å². The van der Waals surface area contributed by atoms with Gasteiger partial charge in [-0.25, -0.2) is 4.39 Å². The lowest BCUT2D eigenvalue weighted by Gasteiger charge is -2.36. The number of anilines is 1. The van der Waals surface area contributed by atoms with Gasteiger partial charge >= 0.3 is 0 Å². The van der Waals surface area contributed by atoms with E-state index in [0.717, 1.165) is 12.8 Å². The maximum atomic E-state index is 14.5. The van der Waals surface area contributed by atoms with Crippen LogP contribution < -0.4 is 10.1 Å². The van der Waals surface area contributed by atoms with Gasteiger partial charge in [0.25, 0.3) is 11.8 Å². The summed E-state index contributed by atoms with van der Waals surface area (Å²) in [5, 5.41) is 2.88. The minimum absolute atomic E-state index is 0.0135. The van der Waals surface area contributed by atoms with E-state index in [4.69, 9.17) is 9.47 Å². The van der Waals surface area contributed by atoms with E-state index in [1.54, 1.807) is 54.3 Å². The molecule has 3 atom stereocenters. The molecular weight excluding hydrogens is 477 g/mol. The molecule has 0 saturated heterocycles. The second kappa shape index (κ2) is 11.3. The summed E-state index contributed by atoms with van der Waals surface area (Å²) in [7, 11) is 3.26. The molecule has 1 N–H and O–H groups in total. The summed E-state index contributed by atoms with van der Waals surface area (Å²) in [4.78, 5) is 42.3. The average molecular weight is 512 g/mol. The first-order valence-electron chi connectivity index (χ1n) is 12.6. The van der Waals surface area contributed by atoms with E-state index < -0.39 is 17.8 Å². The van der Waals surface area contributed by atoms with Crippen molar-refractivity contribution in [2.24, 2.45) is 11.8 Å². The fourth-order valence-corrected chi connectivity index (χ4v) is 4.51. The van der Waals surface area contributed by atoms with Gasteiger partial charge in [0.05, 0.1) is 23.3 Å². The number of amides is 3. The van der Waals surface area contributed by atoms with Crippen LogP contribution in [0.2, 0.25) is 0 Å². The molecule has 0 bridgehead atoms. The lowest BCUT2D eigenvalue weighted by molar-refractivity contribution is -0.117. The predicted molar refractivity (Wildman–Crippen MR) is 137 cm³/mol. The fraction of sp³-hybridized carbons (Fsp3) is 0.464. The molecule has 0 radical (unpaired) electrons. The minimum atomic E-state index is -0.589. The number of fused-ring (bicyclic) bond motifs is 1. The van der Waals surface area contributed by atoms with Crippen LogP contribution in [-0.4, -0.2) is 73.5 Å². The summed E-state index contributed by atoms with van der Waals surface area (Å²) in [6, 6.07) is 10.4. The van der Waals surface area contributed by atoms with Crippen LogP contribution in [0.5, 0.6) is 5.75 Å². The minimum Gasteiger partial charge on any atom is -0.491 e. The standard InChI is InChI=1S/C28H34FN3O5/c1-17-14-32(28(35)21-7-5-6-8-23(21)29)18(2)16-37-24-13-20(30-26(33)19-9-10-19)11-12-22(24)27(34)31(3)15-25(17)36-4/h5-8,11-13,17-19,25H,9-10,14-16H2,1-4H3,(H,30,33)/t17-,18-,25+/m0/s1. The Morgan fingerprint density at radius 3 is 2.51 bits per heavy atom. The van der Waals surface area contributed by atoms with Gasteiger partial charge < -0.3 is 24.6 Å². The first kappa shape index (κ1) is 26.6. The third kappa shape index (κ3) is 6.10. The van der Waals surface area contributed by atoms with Gasteiger partial charge in [0.2, 0.25) is 5.91 Å². The van der Waals surface area contributed by atoms with E-state index >= 15 is 0 Å². The van der Waals surface area contributed by atoms with Gasteiger partial charge in [0.15, 0.2) is 0 Å². The van der Waals surface area contributed by atoms with Crippen molar-refractivity contribution in [1.29, 1.82) is 0 Å². The highest BCUT2D eigenvalue weighted by Gasteiger charge is 2.32. The molecule has 0 aromatic heterocycles. The molecule has 2 aromatic rings. The number of likely N-dealkylation sites (N-methyl/N-ethyl adjacent to an activating group) is 1. The van der Waals surface area contributed by atoms with Crippen LogP contribution in [0.3, 0.4) is 0 Å². The molecule has 1 heterocycles. The van der Waals surface area contributed by atoms with Crippen LogP contribution in [0.4, 0.5) is 10.1 Å². The summed E-state index contributed by atoms with van der Waals surface area (Å²) in [6.45, 7) is 4.39. The van der Waals surface area contributed by atoms with Crippen molar-refractivity contribution in [2.45, 2.75) is 38.8 Å². The zero-order valence-electron chi connectivity index (χ0n) is 21.7. The first-order valence-corrected chi connectivity index (χ1v) is 12.6. The molecule has 4 rings (SSSR count). The Bertz CT molecular complexity index is 1170. The highest BCUT2D eigenvalue weighted by atomic mass is 19.1. The van der Waals surface area contributed by atoms with E-state index in [1.807, 2.05) is 13.8 Å². The monoisotopic (exact) mass is 511 g/mol. The van der Waals surface area contributed by atoms with Crippen molar-refractivity contribution >= 4 is 23.4 Å². The fourth-order valence-electron chi connectivity index (χ4n) is 4.51. The molecule has 0 spiro atoms. The van der Waals surface area contributed by atoms with Crippen LogP contribution >= 0.6 is 0 Å². The molecule has 1 aliphatic heterocycles. The van der Waals surface area contributed by atoms with E-state index in [1.165, 1.54) is 12.1 Å². The smallest absolute Gasteiger partial charge is 0.257 e. The Morgan fingerprint density at radius 1 is 1.11 bits per heavy atom. The van der Waals surface area contributed by atoms with E-state index in [0.29, 0.717) is 17.0 Å². The van der Waals surface area contributed by atoms with Gasteiger partial charge in [-0.3, -0.25) is 14.4 Å². The van der Waals surface area contributed by atoms with Crippen LogP contribution in [0.1, 0.15) is 47.4 Å². The maximum Gasteiger partial charge on any atom is 0.257 e. The zero-order valence-corrected chi connectivity index (χ0v) is 21.7. The van der Waals surface area contributed by atoms with Crippen LogP contribution in [0, 0.1) is 17.7 Å². The molecule has 3 amide bonds. The molecule has 9 heteroatoms. The Balaban J connectivity index is 1.67. The van der Waals surface area contributed by atoms with E-state index in [-0.39, 0.29) is 55.0 Å². The highest BCUT2D eigenvalue weighted by Crippen LogP contribution is 2.32. The predicted octanol–water partition coefficient (Wildman–Crippen LogP) is 3.82. The largest absolute Gasteiger partial charge is 0.491 e. The Morgan fingerprint density at radius 2 is 1.84 bits per heavy atom. The number of nitrogens with zero attached hydrogens (tertiary/aromatic N) is 2. The quantitative estimate of drug-likeness (QED) is 0.674. The molecule has 2 aliphatic rings. The van der Waals surface area contributed by atoms with Gasteiger partial charge in [-0.15, -0.1) is 0 Å². The number of carbonyl (C=O) groups excluding carboxylic acids is 3. The molecule has 8 nitrogen and oxygen atoms in total. The second-order valence-electron chi connectivity index (χ2n) is 10.0. The number of ether oxygens (including phenoxy) is 2. The molecular formula is C28H34FN3O5. The number of rotatable bonds is 4. The van der Waals surface area contributed by atoms with Gasteiger partial charge in [-0.05, 0) is 44.0 Å². The molecule has 1 fully saturated rings. The van der Waals surface area contributed by atoms with E-state index in [2.05, 4.69) is 5.32 Å². The Hall–Kier alpha value is -3.46. The van der Waals surface area contributed by atoms with Crippen molar-refractivity contribution in [3.05, 3.63) is 59.4 Å². The topological polar surface area (TPSA) is 88.2 Å². The Kier molecular flexibility index (Phi) is 8.12. The summed E-state index contributed by atoms with van der Waals surface area (Å²) in [5.41, 5.74) is 0.864. The van der Waals surface area contributed by atoms with E-state index in [9.17, 15) is 18.8 Å². The first-order chi connectivity index (χ1) is 17.7. The third-order valence-corrected chi connectivity index (χ3v) is 7.03. The molecule has 37 heavy (non-hydrogen) atoms. The molecule has 2 aromatic carbocycles. The number of benzene rings is 2. The summed E-state index contributed by atoms with van der Waals surface area (Å²) >= 11 is 0. The van der Waals surface area contributed by atoms with Crippen molar-refractivity contribution in [3.8, 4) is 5.75 Å². The van der Waals surface area contributed by atoms with Crippen LogP contribution in [0.25, 0.3) is 0 Å². The highest BCUT2D eigenvalue weighted by molar-refractivity contribution is 5.99. The van der Waals surface area contributed by atoms with Gasteiger partial charge in [0.1, 0.15) is 18.2 Å². The normalized spacial score (nSPS) is 22.8. The summed E-state index contributed by atoms with van der Waals surface area (Å²) < 4.78 is 26.3. The number of methoxy groups -OCH3 is 1. The molecule has 0 unspecified atom stereocenters. The Labute approximate surface area is 216 Å². The van der Waals surface area contributed by atoms with Gasteiger partial charge in [0, 0.05) is 50.8 Å². The van der Waals surface area contributed by atoms with Gasteiger partial charge in [-0.1, -0.05) is 19.1 Å². The van der Waals surface area contributed by atoms with Crippen molar-refractivity contribution in [1.82, 2.24) is 9.80 Å². The number of carbonyl (C=O) groups is 3. The van der Waals surface area contributed by atoms with Gasteiger partial charge in [-0.2, -0.15) is 0 Å².